The molecule has 1 aromatic carbocycles. The van der Waals surface area contributed by atoms with Crippen molar-refractivity contribution in [2.75, 3.05) is 4.90 Å². The Labute approximate surface area is 105 Å². The van der Waals surface area contributed by atoms with Gasteiger partial charge in [0.15, 0.2) is 0 Å². The van der Waals surface area contributed by atoms with Crippen molar-refractivity contribution >= 4 is 17.4 Å². The minimum atomic E-state index is 0.393. The lowest BCUT2D eigenvalue weighted by atomic mass is 9.96. The van der Waals surface area contributed by atoms with Gasteiger partial charge in [0, 0.05) is 16.0 Å². The summed E-state index contributed by atoms with van der Waals surface area (Å²) in [5.74, 6) is 0. The minimum Gasteiger partial charge on any atom is -0.335 e. The Hall–Kier alpha value is -1.67. The topological polar surface area (TPSA) is 3.24 Å². The van der Waals surface area contributed by atoms with Gasteiger partial charge in [0.25, 0.3) is 0 Å². The van der Waals surface area contributed by atoms with Crippen LogP contribution in [0.25, 0.3) is 0 Å². The fourth-order valence-corrected chi connectivity index (χ4v) is 3.76. The molecule has 3 aliphatic rings. The van der Waals surface area contributed by atoms with E-state index in [9.17, 15) is 0 Å². The molecule has 0 amide bonds. The number of hydrogen-bond acceptors (Lipinski definition) is 2. The van der Waals surface area contributed by atoms with E-state index in [-0.39, 0.29) is 0 Å². The van der Waals surface area contributed by atoms with Crippen molar-refractivity contribution in [2.45, 2.75) is 10.9 Å². The highest BCUT2D eigenvalue weighted by atomic mass is 32.2. The molecule has 2 heteroatoms. The van der Waals surface area contributed by atoms with Gasteiger partial charge in [-0.2, -0.15) is 0 Å². The van der Waals surface area contributed by atoms with Gasteiger partial charge in [0.05, 0.1) is 11.7 Å². The molecule has 2 heterocycles. The molecule has 82 valence electrons. The van der Waals surface area contributed by atoms with E-state index in [1.54, 1.807) is 0 Å². The van der Waals surface area contributed by atoms with Gasteiger partial charge in [-0.3, -0.25) is 0 Å². The molecule has 4 rings (SSSR count). The molecule has 1 atom stereocenters. The van der Waals surface area contributed by atoms with Gasteiger partial charge in [-0.1, -0.05) is 42.1 Å². The molecule has 17 heavy (non-hydrogen) atoms. The van der Waals surface area contributed by atoms with Gasteiger partial charge in [-0.25, -0.2) is 0 Å². The van der Waals surface area contributed by atoms with E-state index < -0.39 is 0 Å². The number of benzene rings is 1. The Morgan fingerprint density at radius 1 is 1.06 bits per heavy atom. The van der Waals surface area contributed by atoms with Crippen LogP contribution < -0.4 is 4.90 Å². The summed E-state index contributed by atoms with van der Waals surface area (Å²) in [5.41, 5.74) is 2.70. The first-order valence-electron chi connectivity index (χ1n) is 5.75. The highest BCUT2D eigenvalue weighted by Gasteiger charge is 2.33. The molecular formula is C15H11NS. The number of nitrogens with zero attached hydrogens (tertiary/aromatic N) is 1. The van der Waals surface area contributed by atoms with E-state index >= 15 is 0 Å². The smallest absolute Gasteiger partial charge is 0.0901 e. The van der Waals surface area contributed by atoms with Crippen LogP contribution in [0.5, 0.6) is 0 Å². The zero-order valence-electron chi connectivity index (χ0n) is 9.21. The number of rotatable bonds is 0. The van der Waals surface area contributed by atoms with E-state index in [0.717, 1.165) is 0 Å². The summed E-state index contributed by atoms with van der Waals surface area (Å²) < 4.78 is 0. The zero-order valence-corrected chi connectivity index (χ0v) is 10.0. The van der Waals surface area contributed by atoms with Gasteiger partial charge >= 0.3 is 0 Å². The third kappa shape index (κ3) is 1.28. The molecule has 1 unspecified atom stereocenters. The monoisotopic (exact) mass is 237 g/mol. The van der Waals surface area contributed by atoms with Crippen LogP contribution in [0.1, 0.15) is 0 Å². The normalized spacial score (nSPS) is 23.8. The molecule has 0 bridgehead atoms. The van der Waals surface area contributed by atoms with E-state index in [4.69, 9.17) is 0 Å². The number of hydrogen-bond donors (Lipinski definition) is 0. The first-order valence-corrected chi connectivity index (χ1v) is 6.57. The van der Waals surface area contributed by atoms with Crippen molar-refractivity contribution in [1.29, 1.82) is 0 Å². The van der Waals surface area contributed by atoms with Crippen LogP contribution >= 0.6 is 11.8 Å². The summed E-state index contributed by atoms with van der Waals surface area (Å²) >= 11 is 1.89. The first-order chi connectivity index (χ1) is 8.43. The third-order valence-corrected chi connectivity index (χ3v) is 4.48. The molecule has 0 N–H and O–H groups in total. The van der Waals surface area contributed by atoms with E-state index in [2.05, 4.69) is 65.7 Å². The minimum absolute atomic E-state index is 0.393. The number of thioether (sulfide) groups is 1. The summed E-state index contributed by atoms with van der Waals surface area (Å²) in [4.78, 5) is 5.13. The molecule has 2 aliphatic heterocycles. The molecule has 1 aromatic rings. The lowest BCUT2D eigenvalue weighted by Gasteiger charge is -2.41. The van der Waals surface area contributed by atoms with Crippen molar-refractivity contribution in [1.82, 2.24) is 0 Å². The summed E-state index contributed by atoms with van der Waals surface area (Å²) in [6.07, 6.45) is 13.1. The standard InChI is InChI=1S/C15H11NS/c1-2-8-13-12(7-1)16-10-4-6-11-5-3-9-14(17-13)15(11)16/h1-10,15H. The quantitative estimate of drug-likeness (QED) is 0.673. The molecule has 0 saturated carbocycles. The second-order valence-electron chi connectivity index (χ2n) is 4.32. The molecule has 1 nitrogen and oxygen atoms in total. The summed E-state index contributed by atoms with van der Waals surface area (Å²) in [5, 5.41) is 0. The zero-order chi connectivity index (χ0) is 11.2. The Morgan fingerprint density at radius 2 is 2.00 bits per heavy atom. The highest BCUT2D eigenvalue weighted by molar-refractivity contribution is 8.03. The predicted molar refractivity (Wildman–Crippen MR) is 73.0 cm³/mol. The van der Waals surface area contributed by atoms with E-state index in [1.807, 2.05) is 11.8 Å². The second-order valence-corrected chi connectivity index (χ2v) is 5.43. The maximum Gasteiger partial charge on any atom is 0.0901 e. The van der Waals surface area contributed by atoms with Crippen molar-refractivity contribution in [3.63, 3.8) is 0 Å². The average molecular weight is 237 g/mol. The maximum absolute atomic E-state index is 2.37. The van der Waals surface area contributed by atoms with Crippen molar-refractivity contribution in [2.24, 2.45) is 0 Å². The highest BCUT2D eigenvalue weighted by Crippen LogP contribution is 2.48. The van der Waals surface area contributed by atoms with Crippen LogP contribution in [0.15, 0.2) is 76.2 Å². The van der Waals surface area contributed by atoms with Crippen molar-refractivity contribution < 1.29 is 0 Å². The number of fused-ring (bicyclic) bond motifs is 2. The van der Waals surface area contributed by atoms with Crippen LogP contribution in [-0.2, 0) is 0 Å². The Balaban J connectivity index is 1.96. The van der Waals surface area contributed by atoms with Gasteiger partial charge < -0.3 is 4.90 Å². The lowest BCUT2D eigenvalue weighted by molar-refractivity contribution is 0.852. The number of anilines is 1. The fourth-order valence-electron chi connectivity index (χ4n) is 2.57. The average Bonchev–Trinajstić information content (AvgIpc) is 2.39. The molecule has 0 fully saturated rings. The van der Waals surface area contributed by atoms with Crippen LogP contribution in [0.3, 0.4) is 0 Å². The summed E-state index contributed by atoms with van der Waals surface area (Å²) in [6.45, 7) is 0. The summed E-state index contributed by atoms with van der Waals surface area (Å²) in [6, 6.07) is 9.00. The Bertz CT molecular complexity index is 607. The largest absolute Gasteiger partial charge is 0.335 e. The molecule has 0 radical (unpaired) electrons. The molecule has 0 spiro atoms. The van der Waals surface area contributed by atoms with Crippen molar-refractivity contribution in [3.8, 4) is 0 Å². The third-order valence-electron chi connectivity index (χ3n) is 3.32. The molecule has 0 saturated heterocycles. The van der Waals surface area contributed by atoms with Gasteiger partial charge in [-0.15, -0.1) is 0 Å². The number of para-hydroxylation sites is 1. The second kappa shape index (κ2) is 3.41. The van der Waals surface area contributed by atoms with E-state index in [1.165, 1.54) is 21.1 Å². The van der Waals surface area contributed by atoms with Crippen molar-refractivity contribution in [3.05, 3.63) is 71.3 Å². The SMILES string of the molecule is C1=CC2=CC=CN3c4ccccc4SC(=C1)C23. The Kier molecular flexibility index (Phi) is 1.88. The molecule has 1 aliphatic carbocycles. The fraction of sp³-hybridized carbons (Fsp3) is 0.0667. The lowest BCUT2D eigenvalue weighted by Crippen LogP contribution is -2.37. The maximum atomic E-state index is 2.37. The molecular weight excluding hydrogens is 226 g/mol. The Morgan fingerprint density at radius 3 is 3.00 bits per heavy atom. The predicted octanol–water partition coefficient (Wildman–Crippen LogP) is 3.87. The molecule has 0 aromatic heterocycles. The van der Waals surface area contributed by atoms with E-state index in [0.29, 0.717) is 6.04 Å². The van der Waals surface area contributed by atoms with Gasteiger partial charge in [0.1, 0.15) is 0 Å². The van der Waals surface area contributed by atoms with Gasteiger partial charge in [0.2, 0.25) is 0 Å². The van der Waals surface area contributed by atoms with Crippen LogP contribution in [0.2, 0.25) is 0 Å². The van der Waals surface area contributed by atoms with Crippen LogP contribution in [0.4, 0.5) is 5.69 Å². The number of allylic oxidation sites excluding steroid dienone is 4. The van der Waals surface area contributed by atoms with Crippen LogP contribution in [-0.4, -0.2) is 6.04 Å². The summed E-state index contributed by atoms with van der Waals surface area (Å²) in [7, 11) is 0. The van der Waals surface area contributed by atoms with Crippen LogP contribution in [0, 0.1) is 0 Å². The first kappa shape index (κ1) is 9.37. The van der Waals surface area contributed by atoms with Gasteiger partial charge in [-0.05, 0) is 29.9 Å².